The standard InChI is InChI=1S/C15H15BrN2O4S/c1-17-23(21,22)12-5-2-10(3-6-12)9-18-15(20)13-7-4-11(16)8-14(13)19/h2-8,17,19H,9H2,1H3,(H,18,20). The van der Waals surface area contributed by atoms with Crippen LogP contribution < -0.4 is 10.0 Å². The summed E-state index contributed by atoms with van der Waals surface area (Å²) in [4.78, 5) is 12.2. The highest BCUT2D eigenvalue weighted by Crippen LogP contribution is 2.22. The molecule has 0 heterocycles. The van der Waals surface area contributed by atoms with E-state index in [0.29, 0.717) is 4.47 Å². The molecule has 0 aliphatic rings. The van der Waals surface area contributed by atoms with Crippen molar-refractivity contribution < 1.29 is 18.3 Å². The molecular formula is C15H15BrN2O4S. The summed E-state index contributed by atoms with van der Waals surface area (Å²) in [5.41, 5.74) is 0.910. The minimum absolute atomic E-state index is 0.118. The SMILES string of the molecule is CNS(=O)(=O)c1ccc(CNC(=O)c2ccc(Br)cc2O)cc1. The van der Waals surface area contributed by atoms with E-state index < -0.39 is 15.9 Å². The monoisotopic (exact) mass is 398 g/mol. The highest BCUT2D eigenvalue weighted by molar-refractivity contribution is 9.10. The first-order valence-corrected chi connectivity index (χ1v) is 8.90. The van der Waals surface area contributed by atoms with E-state index in [1.807, 2.05) is 0 Å². The number of aromatic hydroxyl groups is 1. The molecule has 8 heteroatoms. The minimum Gasteiger partial charge on any atom is -0.507 e. The van der Waals surface area contributed by atoms with Crippen molar-refractivity contribution in [1.29, 1.82) is 0 Å². The molecule has 2 rings (SSSR count). The van der Waals surface area contributed by atoms with Crippen LogP contribution in [0.5, 0.6) is 5.75 Å². The van der Waals surface area contributed by atoms with Gasteiger partial charge in [-0.3, -0.25) is 4.79 Å². The number of amides is 1. The number of hydrogen-bond donors (Lipinski definition) is 3. The average Bonchev–Trinajstić information content (AvgIpc) is 2.53. The number of rotatable bonds is 5. The van der Waals surface area contributed by atoms with Crippen LogP contribution in [0.1, 0.15) is 15.9 Å². The van der Waals surface area contributed by atoms with E-state index in [1.54, 1.807) is 18.2 Å². The molecule has 0 aliphatic heterocycles. The van der Waals surface area contributed by atoms with Crippen molar-refractivity contribution >= 4 is 31.9 Å². The van der Waals surface area contributed by atoms with Crippen LogP contribution in [-0.4, -0.2) is 26.5 Å². The van der Waals surface area contributed by atoms with Gasteiger partial charge < -0.3 is 10.4 Å². The van der Waals surface area contributed by atoms with Crippen LogP contribution in [0.2, 0.25) is 0 Å². The lowest BCUT2D eigenvalue weighted by Crippen LogP contribution is -2.23. The number of phenols is 1. The van der Waals surface area contributed by atoms with Gasteiger partial charge in [-0.05, 0) is 42.9 Å². The Hall–Kier alpha value is -1.90. The summed E-state index contributed by atoms with van der Waals surface area (Å²) >= 11 is 3.20. The summed E-state index contributed by atoms with van der Waals surface area (Å²) < 4.78 is 26.1. The molecule has 0 spiro atoms. The van der Waals surface area contributed by atoms with Gasteiger partial charge in [0.05, 0.1) is 10.5 Å². The van der Waals surface area contributed by atoms with Crippen molar-refractivity contribution in [3.8, 4) is 5.75 Å². The van der Waals surface area contributed by atoms with Gasteiger partial charge in [0.1, 0.15) is 5.75 Å². The summed E-state index contributed by atoms with van der Waals surface area (Å²) in [6.45, 7) is 0.216. The second-order valence-corrected chi connectivity index (χ2v) is 7.50. The lowest BCUT2D eigenvalue weighted by molar-refractivity contribution is 0.0948. The Labute approximate surface area is 142 Å². The van der Waals surface area contributed by atoms with E-state index in [1.165, 1.54) is 31.3 Å². The summed E-state index contributed by atoms with van der Waals surface area (Å²) in [5.74, 6) is -0.533. The first kappa shape index (κ1) is 17.5. The van der Waals surface area contributed by atoms with E-state index in [4.69, 9.17) is 0 Å². The van der Waals surface area contributed by atoms with Gasteiger partial charge in [0, 0.05) is 11.0 Å². The molecule has 0 fully saturated rings. The number of phenolic OH excluding ortho intramolecular Hbond substituents is 1. The third-order valence-electron chi connectivity index (χ3n) is 3.16. The third kappa shape index (κ3) is 4.31. The zero-order valence-corrected chi connectivity index (χ0v) is 14.6. The van der Waals surface area contributed by atoms with Gasteiger partial charge in [0.2, 0.25) is 10.0 Å². The number of sulfonamides is 1. The lowest BCUT2D eigenvalue weighted by Gasteiger charge is -2.08. The zero-order chi connectivity index (χ0) is 17.0. The molecule has 1 amide bonds. The van der Waals surface area contributed by atoms with Crippen LogP contribution in [-0.2, 0) is 16.6 Å². The smallest absolute Gasteiger partial charge is 0.255 e. The molecule has 0 radical (unpaired) electrons. The molecule has 0 saturated carbocycles. The lowest BCUT2D eigenvalue weighted by atomic mass is 10.1. The molecule has 0 bridgehead atoms. The van der Waals surface area contributed by atoms with Crippen LogP contribution in [0.3, 0.4) is 0 Å². The van der Waals surface area contributed by atoms with Gasteiger partial charge in [-0.2, -0.15) is 0 Å². The average molecular weight is 399 g/mol. The maximum Gasteiger partial charge on any atom is 0.255 e. The van der Waals surface area contributed by atoms with Gasteiger partial charge in [-0.25, -0.2) is 13.1 Å². The molecule has 0 saturated heterocycles. The van der Waals surface area contributed by atoms with E-state index in [0.717, 1.165) is 5.56 Å². The molecule has 0 atom stereocenters. The molecule has 0 unspecified atom stereocenters. The van der Waals surface area contributed by atoms with Crippen molar-refractivity contribution in [1.82, 2.24) is 10.0 Å². The summed E-state index contributed by atoms with van der Waals surface area (Å²) in [7, 11) is -2.13. The topological polar surface area (TPSA) is 95.5 Å². The number of carbonyl (C=O) groups is 1. The van der Waals surface area contributed by atoms with Gasteiger partial charge in [0.25, 0.3) is 5.91 Å². The molecule has 0 aliphatic carbocycles. The fourth-order valence-electron chi connectivity index (χ4n) is 1.88. The third-order valence-corrected chi connectivity index (χ3v) is 5.08. The Bertz CT molecular complexity index is 820. The quantitative estimate of drug-likeness (QED) is 0.717. The maximum atomic E-state index is 12.0. The maximum absolute atomic E-state index is 12.0. The number of nitrogens with one attached hydrogen (secondary N) is 2. The molecule has 23 heavy (non-hydrogen) atoms. The number of benzene rings is 2. The predicted molar refractivity (Wildman–Crippen MR) is 89.7 cm³/mol. The van der Waals surface area contributed by atoms with Crippen molar-refractivity contribution in [3.63, 3.8) is 0 Å². The number of halogens is 1. The Kier molecular flexibility index (Phi) is 5.40. The minimum atomic E-state index is -3.47. The summed E-state index contributed by atoms with van der Waals surface area (Å²) in [6, 6.07) is 10.8. The Morgan fingerprint density at radius 1 is 1.17 bits per heavy atom. The second kappa shape index (κ2) is 7.12. The fourth-order valence-corrected chi connectivity index (χ4v) is 2.96. The van der Waals surface area contributed by atoms with Gasteiger partial charge in [-0.15, -0.1) is 0 Å². The van der Waals surface area contributed by atoms with Crippen LogP contribution in [0, 0.1) is 0 Å². The van der Waals surface area contributed by atoms with Crippen molar-refractivity contribution in [2.75, 3.05) is 7.05 Å². The largest absolute Gasteiger partial charge is 0.507 e. The summed E-state index contributed by atoms with van der Waals surface area (Å²) in [5, 5.41) is 12.4. The van der Waals surface area contributed by atoms with Gasteiger partial charge in [0.15, 0.2) is 0 Å². The van der Waals surface area contributed by atoms with E-state index in [9.17, 15) is 18.3 Å². The molecule has 122 valence electrons. The zero-order valence-electron chi connectivity index (χ0n) is 12.2. The predicted octanol–water partition coefficient (Wildman–Crippen LogP) is 1.99. The van der Waals surface area contributed by atoms with Gasteiger partial charge in [-0.1, -0.05) is 28.1 Å². The number of carbonyl (C=O) groups excluding carboxylic acids is 1. The molecule has 2 aromatic rings. The van der Waals surface area contributed by atoms with E-state index in [-0.39, 0.29) is 22.8 Å². The van der Waals surface area contributed by atoms with Crippen LogP contribution >= 0.6 is 15.9 Å². The van der Waals surface area contributed by atoms with E-state index >= 15 is 0 Å². The van der Waals surface area contributed by atoms with Crippen molar-refractivity contribution in [2.45, 2.75) is 11.4 Å². The molecule has 6 nitrogen and oxygen atoms in total. The molecule has 0 aromatic heterocycles. The highest BCUT2D eigenvalue weighted by Gasteiger charge is 2.12. The van der Waals surface area contributed by atoms with Gasteiger partial charge >= 0.3 is 0 Å². The molecule has 3 N–H and O–H groups in total. The normalized spacial score (nSPS) is 11.2. The van der Waals surface area contributed by atoms with Crippen molar-refractivity contribution in [3.05, 3.63) is 58.1 Å². The van der Waals surface area contributed by atoms with Crippen LogP contribution in [0.4, 0.5) is 0 Å². The van der Waals surface area contributed by atoms with Crippen LogP contribution in [0.25, 0.3) is 0 Å². The number of hydrogen-bond acceptors (Lipinski definition) is 4. The Balaban J connectivity index is 2.05. The Morgan fingerprint density at radius 3 is 2.39 bits per heavy atom. The first-order valence-electron chi connectivity index (χ1n) is 6.62. The van der Waals surface area contributed by atoms with E-state index in [2.05, 4.69) is 26.0 Å². The molecule has 2 aromatic carbocycles. The van der Waals surface area contributed by atoms with Crippen molar-refractivity contribution in [2.24, 2.45) is 0 Å². The molecular weight excluding hydrogens is 384 g/mol. The van der Waals surface area contributed by atoms with Crippen LogP contribution in [0.15, 0.2) is 51.8 Å². The highest BCUT2D eigenvalue weighted by atomic mass is 79.9. The second-order valence-electron chi connectivity index (χ2n) is 4.70. The Morgan fingerprint density at radius 2 is 1.83 bits per heavy atom. The first-order chi connectivity index (χ1) is 10.8. The fraction of sp³-hybridized carbons (Fsp3) is 0.133. The summed E-state index contributed by atoms with van der Waals surface area (Å²) in [6.07, 6.45) is 0.